The van der Waals surface area contributed by atoms with E-state index in [-0.39, 0.29) is 17.4 Å². The van der Waals surface area contributed by atoms with Crippen LogP contribution in [-0.4, -0.2) is 51.1 Å². The Kier molecular flexibility index (Phi) is 6.94. The Morgan fingerprint density at radius 3 is 2.52 bits per heavy atom. The third-order valence-electron chi connectivity index (χ3n) is 4.22. The van der Waals surface area contributed by atoms with Gasteiger partial charge in [0.15, 0.2) is 9.84 Å². The van der Waals surface area contributed by atoms with E-state index in [2.05, 4.69) is 16.0 Å². The number of methoxy groups -OCH3 is 1. The molecule has 3 amide bonds. The molecule has 1 saturated heterocycles. The van der Waals surface area contributed by atoms with Crippen LogP contribution in [0.4, 0.5) is 10.5 Å². The van der Waals surface area contributed by atoms with Gasteiger partial charge in [-0.25, -0.2) is 13.2 Å². The number of halogens is 1. The van der Waals surface area contributed by atoms with Crippen molar-refractivity contribution in [1.82, 2.24) is 10.6 Å². The van der Waals surface area contributed by atoms with Crippen molar-refractivity contribution in [3.8, 4) is 5.75 Å². The van der Waals surface area contributed by atoms with Crippen LogP contribution in [0.3, 0.4) is 0 Å². The molecule has 1 aromatic rings. The van der Waals surface area contributed by atoms with E-state index in [0.29, 0.717) is 22.9 Å². The maximum absolute atomic E-state index is 12.6. The van der Waals surface area contributed by atoms with Crippen molar-refractivity contribution >= 4 is 39.1 Å². The molecule has 0 aromatic heterocycles. The molecular weight excluding hydrogens is 394 g/mol. The third-order valence-corrected chi connectivity index (χ3v) is 6.29. The van der Waals surface area contributed by atoms with Crippen molar-refractivity contribution in [2.75, 3.05) is 23.9 Å². The van der Waals surface area contributed by atoms with E-state index in [4.69, 9.17) is 16.3 Å². The van der Waals surface area contributed by atoms with Gasteiger partial charge in [-0.1, -0.05) is 25.4 Å². The summed E-state index contributed by atoms with van der Waals surface area (Å²) in [5, 5.41) is 8.29. The van der Waals surface area contributed by atoms with Gasteiger partial charge in [0.25, 0.3) is 0 Å². The van der Waals surface area contributed by atoms with E-state index < -0.39 is 33.9 Å². The van der Waals surface area contributed by atoms with Crippen molar-refractivity contribution in [3.63, 3.8) is 0 Å². The fraction of sp³-hybridized carbons (Fsp3) is 0.529. The van der Waals surface area contributed by atoms with Crippen LogP contribution in [-0.2, 0) is 14.6 Å². The van der Waals surface area contributed by atoms with Crippen LogP contribution >= 0.6 is 11.6 Å². The highest BCUT2D eigenvalue weighted by Crippen LogP contribution is 2.27. The molecule has 0 radical (unpaired) electrons. The summed E-state index contributed by atoms with van der Waals surface area (Å²) in [4.78, 5) is 24.8. The average Bonchev–Trinajstić information content (AvgIpc) is 2.91. The molecule has 0 aliphatic carbocycles. The minimum atomic E-state index is -3.10. The fourth-order valence-electron chi connectivity index (χ4n) is 2.78. The Balaban J connectivity index is 1.98. The van der Waals surface area contributed by atoms with Crippen LogP contribution in [0, 0.1) is 5.92 Å². The van der Waals surface area contributed by atoms with Crippen molar-refractivity contribution in [2.24, 2.45) is 5.92 Å². The predicted octanol–water partition coefficient (Wildman–Crippen LogP) is 1.80. The Morgan fingerprint density at radius 2 is 2.00 bits per heavy atom. The number of anilines is 1. The standard InChI is InChI=1S/C17H24ClN3O5S/c1-10(2)15(21-17(23)20-12-6-7-27(24,25)9-12)16(22)19-11-4-5-14(26-3)13(18)8-11/h4-5,8,10,12,15H,6-7,9H2,1-3H3,(H,19,22)(H2,20,21,23)/t12-,15-/m0/s1. The normalized spacial score (nSPS) is 19.4. The van der Waals surface area contributed by atoms with E-state index in [1.807, 2.05) is 0 Å². The first-order valence-electron chi connectivity index (χ1n) is 8.53. The number of ether oxygens (including phenoxy) is 1. The lowest BCUT2D eigenvalue weighted by Gasteiger charge is -2.23. The molecule has 10 heteroatoms. The molecule has 0 saturated carbocycles. The highest BCUT2D eigenvalue weighted by atomic mass is 35.5. The number of hydrogen-bond donors (Lipinski definition) is 3. The van der Waals surface area contributed by atoms with Crippen LogP contribution in [0.25, 0.3) is 0 Å². The fourth-order valence-corrected chi connectivity index (χ4v) is 4.71. The van der Waals surface area contributed by atoms with Gasteiger partial charge >= 0.3 is 6.03 Å². The van der Waals surface area contributed by atoms with E-state index in [9.17, 15) is 18.0 Å². The molecule has 27 heavy (non-hydrogen) atoms. The van der Waals surface area contributed by atoms with Gasteiger partial charge < -0.3 is 20.7 Å². The highest BCUT2D eigenvalue weighted by Gasteiger charge is 2.30. The number of sulfone groups is 1. The van der Waals surface area contributed by atoms with Gasteiger partial charge in [-0.2, -0.15) is 0 Å². The lowest BCUT2D eigenvalue weighted by Crippen LogP contribution is -2.52. The smallest absolute Gasteiger partial charge is 0.315 e. The molecule has 0 bridgehead atoms. The topological polar surface area (TPSA) is 114 Å². The molecular formula is C17H24ClN3O5S. The van der Waals surface area contributed by atoms with Crippen molar-refractivity contribution in [1.29, 1.82) is 0 Å². The minimum absolute atomic E-state index is 0.0598. The second-order valence-electron chi connectivity index (χ2n) is 6.78. The van der Waals surface area contributed by atoms with Crippen LogP contribution in [0.2, 0.25) is 5.02 Å². The molecule has 1 fully saturated rings. The molecule has 0 unspecified atom stereocenters. The second kappa shape index (κ2) is 8.79. The molecule has 1 heterocycles. The zero-order valence-electron chi connectivity index (χ0n) is 15.4. The molecule has 0 spiro atoms. The maximum Gasteiger partial charge on any atom is 0.315 e. The molecule has 8 nitrogen and oxygen atoms in total. The molecule has 1 aromatic carbocycles. The lowest BCUT2D eigenvalue weighted by atomic mass is 10.0. The van der Waals surface area contributed by atoms with E-state index in [1.54, 1.807) is 32.0 Å². The number of rotatable bonds is 6. The van der Waals surface area contributed by atoms with Crippen molar-refractivity contribution in [3.05, 3.63) is 23.2 Å². The van der Waals surface area contributed by atoms with Gasteiger partial charge in [0.1, 0.15) is 11.8 Å². The highest BCUT2D eigenvalue weighted by molar-refractivity contribution is 7.91. The summed E-state index contributed by atoms with van der Waals surface area (Å²) in [5.41, 5.74) is 0.473. The zero-order chi connectivity index (χ0) is 20.2. The van der Waals surface area contributed by atoms with Gasteiger partial charge in [0.05, 0.1) is 23.6 Å². The zero-order valence-corrected chi connectivity index (χ0v) is 17.0. The van der Waals surface area contributed by atoms with Gasteiger partial charge in [-0.15, -0.1) is 0 Å². The number of amides is 3. The van der Waals surface area contributed by atoms with E-state index >= 15 is 0 Å². The number of benzene rings is 1. The summed E-state index contributed by atoms with van der Waals surface area (Å²) in [7, 11) is -1.60. The average molecular weight is 418 g/mol. The Bertz CT molecular complexity index is 813. The van der Waals surface area contributed by atoms with E-state index in [0.717, 1.165) is 0 Å². The maximum atomic E-state index is 12.6. The molecule has 2 rings (SSSR count). The summed E-state index contributed by atoms with van der Waals surface area (Å²) >= 11 is 6.05. The number of carbonyl (C=O) groups is 2. The Morgan fingerprint density at radius 1 is 1.30 bits per heavy atom. The van der Waals surface area contributed by atoms with Gasteiger partial charge in [0.2, 0.25) is 5.91 Å². The summed E-state index contributed by atoms with van der Waals surface area (Å²) in [5.74, 6) is -0.121. The minimum Gasteiger partial charge on any atom is -0.495 e. The quantitative estimate of drug-likeness (QED) is 0.653. The molecule has 150 valence electrons. The summed E-state index contributed by atoms with van der Waals surface area (Å²) in [6, 6.07) is 3.01. The Labute approximate surface area is 163 Å². The van der Waals surface area contributed by atoms with Gasteiger partial charge in [0, 0.05) is 11.7 Å². The molecule has 1 aliphatic heterocycles. The summed E-state index contributed by atoms with van der Waals surface area (Å²) < 4.78 is 28.0. The van der Waals surface area contributed by atoms with Gasteiger partial charge in [-0.05, 0) is 30.5 Å². The SMILES string of the molecule is COc1ccc(NC(=O)[C@@H](NC(=O)N[C@H]2CCS(=O)(=O)C2)C(C)C)cc1Cl. The largest absolute Gasteiger partial charge is 0.495 e. The number of carbonyl (C=O) groups excluding carboxylic acids is 2. The van der Waals surface area contributed by atoms with Crippen LogP contribution in [0.5, 0.6) is 5.75 Å². The Hall–Kier alpha value is -2.00. The number of hydrogen-bond acceptors (Lipinski definition) is 5. The van der Waals surface area contributed by atoms with Crippen molar-refractivity contribution < 1.29 is 22.7 Å². The van der Waals surface area contributed by atoms with Crippen LogP contribution < -0.4 is 20.7 Å². The lowest BCUT2D eigenvalue weighted by molar-refractivity contribution is -0.118. The third kappa shape index (κ3) is 6.00. The van der Waals surface area contributed by atoms with Gasteiger partial charge in [-0.3, -0.25) is 4.79 Å². The van der Waals surface area contributed by atoms with E-state index in [1.165, 1.54) is 7.11 Å². The summed E-state index contributed by atoms with van der Waals surface area (Å²) in [6.45, 7) is 3.59. The first-order chi connectivity index (χ1) is 12.6. The second-order valence-corrected chi connectivity index (χ2v) is 9.41. The first kappa shape index (κ1) is 21.3. The predicted molar refractivity (Wildman–Crippen MR) is 104 cm³/mol. The van der Waals surface area contributed by atoms with Crippen LogP contribution in [0.15, 0.2) is 18.2 Å². The number of urea groups is 1. The molecule has 3 N–H and O–H groups in total. The van der Waals surface area contributed by atoms with Crippen molar-refractivity contribution in [2.45, 2.75) is 32.4 Å². The monoisotopic (exact) mass is 417 g/mol. The molecule has 2 atom stereocenters. The first-order valence-corrected chi connectivity index (χ1v) is 10.7. The molecule has 1 aliphatic rings. The van der Waals surface area contributed by atoms with Crippen LogP contribution in [0.1, 0.15) is 20.3 Å². The summed E-state index contributed by atoms with van der Waals surface area (Å²) in [6.07, 6.45) is 0.374. The number of nitrogens with one attached hydrogen (secondary N) is 3.